The van der Waals surface area contributed by atoms with Crippen LogP contribution in [0.15, 0.2) is 0 Å². The quantitative estimate of drug-likeness (QED) is 0.369. The van der Waals surface area contributed by atoms with Crippen molar-refractivity contribution < 1.29 is 0 Å². The van der Waals surface area contributed by atoms with Crippen LogP contribution in [0.3, 0.4) is 0 Å². The third-order valence-corrected chi connectivity index (χ3v) is 11.8. The number of hydrogen-bond donors (Lipinski definition) is 0. The topological polar surface area (TPSA) is 6.48 Å². The van der Waals surface area contributed by atoms with Gasteiger partial charge >= 0.3 is 0 Å². The molecular weight excluding hydrogens is 365 g/mol. The van der Waals surface area contributed by atoms with Crippen LogP contribution in [0.2, 0.25) is 0 Å². The van der Waals surface area contributed by atoms with Crippen molar-refractivity contribution in [3.63, 3.8) is 0 Å². The van der Waals surface area contributed by atoms with Crippen LogP contribution in [-0.4, -0.2) is 50.7 Å². The largest absolute Gasteiger partial charge is 0.363 e. The van der Waals surface area contributed by atoms with Crippen molar-refractivity contribution in [2.45, 2.75) is 36.2 Å². The molecule has 0 N–H and O–H groups in total. The third kappa shape index (κ3) is 6.52. The van der Waals surface area contributed by atoms with Gasteiger partial charge in [-0.2, -0.15) is 0 Å². The highest BCUT2D eigenvalue weighted by Crippen LogP contribution is 2.57. The molecular formula is C12H22N2S6. The van der Waals surface area contributed by atoms with E-state index in [1.54, 1.807) is 21.6 Å². The number of thiocarbonyl (C=S) groups is 2. The van der Waals surface area contributed by atoms with Crippen molar-refractivity contribution in [3.05, 3.63) is 0 Å². The summed E-state index contributed by atoms with van der Waals surface area (Å²) in [5.41, 5.74) is 0. The van der Waals surface area contributed by atoms with E-state index in [0.29, 0.717) is 0 Å². The Morgan fingerprint density at radius 1 is 0.800 bits per heavy atom. The molecule has 0 aliphatic heterocycles. The van der Waals surface area contributed by atoms with Gasteiger partial charge < -0.3 is 9.80 Å². The van der Waals surface area contributed by atoms with Gasteiger partial charge in [0.05, 0.1) is 4.08 Å². The second-order valence-corrected chi connectivity index (χ2v) is 11.7. The summed E-state index contributed by atoms with van der Waals surface area (Å²) in [6.45, 7) is 0. The lowest BCUT2D eigenvalue weighted by Gasteiger charge is -2.35. The van der Waals surface area contributed by atoms with Gasteiger partial charge in [0.2, 0.25) is 0 Å². The molecule has 116 valence electrons. The van der Waals surface area contributed by atoms with Crippen LogP contribution in [0, 0.1) is 0 Å². The zero-order valence-corrected chi connectivity index (χ0v) is 17.3. The maximum absolute atomic E-state index is 5.39. The fourth-order valence-corrected chi connectivity index (χ4v) is 8.87. The summed E-state index contributed by atoms with van der Waals surface area (Å²) in [6, 6.07) is 0. The van der Waals surface area contributed by atoms with Crippen LogP contribution >= 0.6 is 67.6 Å². The highest BCUT2D eigenvalue weighted by Gasteiger charge is 2.35. The van der Waals surface area contributed by atoms with E-state index >= 15 is 0 Å². The first-order chi connectivity index (χ1) is 9.36. The molecule has 0 bridgehead atoms. The average Bonchev–Trinajstić information content (AvgIpc) is 2.43. The van der Waals surface area contributed by atoms with Crippen LogP contribution in [0.5, 0.6) is 0 Å². The van der Waals surface area contributed by atoms with Crippen LogP contribution in [0.4, 0.5) is 0 Å². The smallest absolute Gasteiger partial charge is 0.146 e. The molecule has 1 saturated carbocycles. The van der Waals surface area contributed by atoms with Crippen LogP contribution in [0.25, 0.3) is 0 Å². The SMILES string of the molecule is CN(C)C(=S)SSC1(SSC(=S)N(C)C)CCCCC1. The predicted octanol–water partition coefficient (Wildman–Crippen LogP) is 5.10. The highest BCUT2D eigenvalue weighted by atomic mass is 33.1. The van der Waals surface area contributed by atoms with Gasteiger partial charge in [-0.1, -0.05) is 65.3 Å². The number of nitrogens with zero attached hydrogens (tertiary/aromatic N) is 2. The molecule has 0 saturated heterocycles. The van der Waals surface area contributed by atoms with E-state index in [-0.39, 0.29) is 4.08 Å². The minimum atomic E-state index is 0.244. The molecule has 1 rings (SSSR count). The predicted molar refractivity (Wildman–Crippen MR) is 109 cm³/mol. The minimum absolute atomic E-state index is 0.244. The van der Waals surface area contributed by atoms with Gasteiger partial charge in [0.15, 0.2) is 0 Å². The maximum Gasteiger partial charge on any atom is 0.146 e. The lowest BCUT2D eigenvalue weighted by atomic mass is 10.00. The molecule has 0 unspecified atom stereocenters. The fourth-order valence-electron chi connectivity index (χ4n) is 1.64. The monoisotopic (exact) mass is 386 g/mol. The molecule has 20 heavy (non-hydrogen) atoms. The molecule has 1 fully saturated rings. The average molecular weight is 387 g/mol. The Balaban J connectivity index is 2.57. The molecule has 0 aromatic rings. The Morgan fingerprint density at radius 2 is 1.20 bits per heavy atom. The fraction of sp³-hybridized carbons (Fsp3) is 0.833. The summed E-state index contributed by atoms with van der Waals surface area (Å²) < 4.78 is 2.13. The van der Waals surface area contributed by atoms with E-state index < -0.39 is 0 Å². The third-order valence-electron chi connectivity index (χ3n) is 2.88. The first-order valence-electron chi connectivity index (χ1n) is 6.50. The summed E-state index contributed by atoms with van der Waals surface area (Å²) >= 11 is 10.8. The van der Waals surface area contributed by atoms with Crippen LogP contribution < -0.4 is 0 Å². The van der Waals surface area contributed by atoms with E-state index in [4.69, 9.17) is 24.4 Å². The van der Waals surface area contributed by atoms with Gasteiger partial charge in [0.1, 0.15) is 8.64 Å². The van der Waals surface area contributed by atoms with Gasteiger partial charge in [-0.05, 0) is 34.4 Å². The van der Waals surface area contributed by atoms with Crippen molar-refractivity contribution in [2.24, 2.45) is 0 Å². The van der Waals surface area contributed by atoms with E-state index in [1.165, 1.54) is 32.1 Å². The molecule has 8 heteroatoms. The lowest BCUT2D eigenvalue weighted by molar-refractivity contribution is 0.494. The molecule has 1 aliphatic rings. The Kier molecular flexibility index (Phi) is 8.99. The molecule has 0 heterocycles. The van der Waals surface area contributed by atoms with E-state index in [1.807, 2.05) is 59.6 Å². The summed E-state index contributed by atoms with van der Waals surface area (Å²) in [6.07, 6.45) is 6.46. The molecule has 0 atom stereocenters. The highest BCUT2D eigenvalue weighted by molar-refractivity contribution is 8.91. The Hall–Kier alpha value is 1.18. The van der Waals surface area contributed by atoms with Gasteiger partial charge in [-0.15, -0.1) is 0 Å². The normalized spacial score (nSPS) is 17.6. The van der Waals surface area contributed by atoms with Crippen molar-refractivity contribution in [1.82, 2.24) is 9.80 Å². The molecule has 0 aromatic heterocycles. The van der Waals surface area contributed by atoms with Crippen molar-refractivity contribution in [2.75, 3.05) is 28.2 Å². The van der Waals surface area contributed by atoms with Crippen molar-refractivity contribution in [3.8, 4) is 0 Å². The molecule has 0 radical (unpaired) electrons. The zero-order chi connectivity index (χ0) is 15.2. The minimum Gasteiger partial charge on any atom is -0.363 e. The first-order valence-corrected chi connectivity index (χ1v) is 11.6. The standard InChI is InChI=1S/C12H22N2S6/c1-13(2)10(15)17-19-12(8-6-5-7-9-12)20-18-11(16)14(3)4/h5-9H2,1-4H3. The molecule has 0 aromatic carbocycles. The Labute approximate surface area is 149 Å². The number of rotatable bonds is 4. The zero-order valence-electron chi connectivity index (χ0n) is 12.4. The lowest BCUT2D eigenvalue weighted by Crippen LogP contribution is -2.24. The second-order valence-electron chi connectivity index (χ2n) is 5.13. The van der Waals surface area contributed by atoms with Gasteiger partial charge in [0.25, 0.3) is 0 Å². The van der Waals surface area contributed by atoms with E-state index in [2.05, 4.69) is 0 Å². The van der Waals surface area contributed by atoms with Crippen LogP contribution in [-0.2, 0) is 0 Å². The summed E-state index contributed by atoms with van der Waals surface area (Å²) in [5.74, 6) is 0. The Bertz CT molecular complexity index is 313. The van der Waals surface area contributed by atoms with Gasteiger partial charge in [0, 0.05) is 28.2 Å². The summed E-state index contributed by atoms with van der Waals surface area (Å²) in [4.78, 5) is 4.01. The maximum atomic E-state index is 5.39. The molecule has 2 nitrogen and oxygen atoms in total. The van der Waals surface area contributed by atoms with E-state index in [9.17, 15) is 0 Å². The van der Waals surface area contributed by atoms with Gasteiger partial charge in [-0.25, -0.2) is 0 Å². The van der Waals surface area contributed by atoms with Crippen LogP contribution in [0.1, 0.15) is 32.1 Å². The van der Waals surface area contributed by atoms with Gasteiger partial charge in [-0.3, -0.25) is 0 Å². The second kappa shape index (κ2) is 9.35. The first kappa shape index (κ1) is 19.2. The van der Waals surface area contributed by atoms with Crippen molar-refractivity contribution in [1.29, 1.82) is 0 Å². The molecule has 1 aliphatic carbocycles. The summed E-state index contributed by atoms with van der Waals surface area (Å²) in [7, 11) is 15.4. The van der Waals surface area contributed by atoms with Crippen molar-refractivity contribution >= 4 is 76.3 Å². The molecule has 0 amide bonds. The Morgan fingerprint density at radius 3 is 1.55 bits per heavy atom. The number of hydrogen-bond acceptors (Lipinski definition) is 6. The summed E-state index contributed by atoms with van der Waals surface area (Å²) in [5, 5.41) is 0. The molecule has 0 spiro atoms. The van der Waals surface area contributed by atoms with E-state index in [0.717, 1.165) is 8.64 Å².